The molecular weight excluding hydrogens is 174 g/mol. The average Bonchev–Trinajstić information content (AvgIpc) is 2.11. The van der Waals surface area contributed by atoms with Gasteiger partial charge >= 0.3 is 0 Å². The zero-order chi connectivity index (χ0) is 9.97. The van der Waals surface area contributed by atoms with Crippen LogP contribution in [0, 0.1) is 12.8 Å². The van der Waals surface area contributed by atoms with E-state index in [9.17, 15) is 0 Å². The van der Waals surface area contributed by atoms with Crippen molar-refractivity contribution < 1.29 is 0 Å². The first-order valence-corrected chi connectivity index (χ1v) is 5.21. The van der Waals surface area contributed by atoms with Gasteiger partial charge in [0.15, 0.2) is 0 Å². The Balaban J connectivity index is 1.80. The molecule has 1 aliphatic rings. The largest absolute Gasteiger partial charge is 0.306 e. The van der Waals surface area contributed by atoms with Crippen molar-refractivity contribution in [1.29, 1.82) is 0 Å². The third-order valence-corrected chi connectivity index (χ3v) is 2.78. The van der Waals surface area contributed by atoms with Crippen molar-refractivity contribution in [2.24, 2.45) is 5.92 Å². The summed E-state index contributed by atoms with van der Waals surface area (Å²) in [5, 5.41) is 0. The molecule has 14 heavy (non-hydrogen) atoms. The quantitative estimate of drug-likeness (QED) is 0.720. The van der Waals surface area contributed by atoms with E-state index in [1.165, 1.54) is 25.2 Å². The summed E-state index contributed by atoms with van der Waals surface area (Å²) in [4.78, 5) is 10.8. The maximum Gasteiger partial charge on any atom is 0.125 e. The number of nitrogens with zero attached hydrogens (tertiary/aromatic N) is 3. The number of aryl methyl sites for hydroxylation is 2. The fraction of sp³-hybridized carbons (Fsp3) is 0.636. The first-order valence-electron chi connectivity index (χ1n) is 5.21. The van der Waals surface area contributed by atoms with Gasteiger partial charge in [-0.25, -0.2) is 9.97 Å². The first-order chi connectivity index (χ1) is 6.74. The molecule has 3 nitrogen and oxygen atoms in total. The molecule has 0 saturated carbocycles. The lowest BCUT2D eigenvalue weighted by atomic mass is 9.95. The lowest BCUT2D eigenvalue weighted by Gasteiger charge is -2.36. The van der Waals surface area contributed by atoms with Gasteiger partial charge in [0.2, 0.25) is 0 Å². The van der Waals surface area contributed by atoms with Gasteiger partial charge in [-0.15, -0.1) is 0 Å². The van der Waals surface area contributed by atoms with E-state index in [1.807, 2.05) is 19.2 Å². The molecule has 0 unspecified atom stereocenters. The Kier molecular flexibility index (Phi) is 2.77. The first kappa shape index (κ1) is 9.59. The van der Waals surface area contributed by atoms with Crippen LogP contribution in [-0.2, 0) is 6.42 Å². The van der Waals surface area contributed by atoms with E-state index in [0.29, 0.717) is 0 Å². The minimum Gasteiger partial charge on any atom is -0.306 e. The number of likely N-dealkylation sites (tertiary alicyclic amines) is 1. The van der Waals surface area contributed by atoms with Gasteiger partial charge in [0, 0.05) is 25.0 Å². The monoisotopic (exact) mass is 191 g/mol. The maximum absolute atomic E-state index is 4.40. The van der Waals surface area contributed by atoms with Crippen LogP contribution in [0.3, 0.4) is 0 Å². The molecule has 1 aromatic heterocycles. The topological polar surface area (TPSA) is 29.0 Å². The Morgan fingerprint density at radius 3 is 2.93 bits per heavy atom. The fourth-order valence-electron chi connectivity index (χ4n) is 2.01. The second-order valence-electron chi connectivity index (χ2n) is 4.22. The van der Waals surface area contributed by atoms with E-state index in [2.05, 4.69) is 21.9 Å². The smallest absolute Gasteiger partial charge is 0.125 e. The van der Waals surface area contributed by atoms with Crippen molar-refractivity contribution in [3.05, 3.63) is 23.8 Å². The summed E-state index contributed by atoms with van der Waals surface area (Å²) in [5.41, 5.74) is 1.19. The van der Waals surface area contributed by atoms with Gasteiger partial charge in [0.05, 0.1) is 0 Å². The maximum atomic E-state index is 4.40. The Labute approximate surface area is 85.2 Å². The van der Waals surface area contributed by atoms with E-state index < -0.39 is 0 Å². The molecule has 0 spiro atoms. The van der Waals surface area contributed by atoms with E-state index in [1.54, 1.807) is 0 Å². The molecule has 0 aliphatic carbocycles. The molecule has 0 atom stereocenters. The van der Waals surface area contributed by atoms with Crippen LogP contribution in [0.25, 0.3) is 0 Å². The normalized spacial score (nSPS) is 18.1. The second kappa shape index (κ2) is 4.05. The predicted molar refractivity (Wildman–Crippen MR) is 56.1 cm³/mol. The minimum absolute atomic E-state index is 0.883. The van der Waals surface area contributed by atoms with Crippen LogP contribution >= 0.6 is 0 Å². The van der Waals surface area contributed by atoms with Gasteiger partial charge < -0.3 is 4.90 Å². The summed E-state index contributed by atoms with van der Waals surface area (Å²) >= 11 is 0. The lowest BCUT2D eigenvalue weighted by molar-refractivity contribution is 0.127. The zero-order valence-electron chi connectivity index (χ0n) is 8.90. The highest BCUT2D eigenvalue weighted by Gasteiger charge is 2.22. The molecule has 1 aliphatic heterocycles. The van der Waals surface area contributed by atoms with Crippen LogP contribution in [0.1, 0.15) is 17.9 Å². The highest BCUT2D eigenvalue weighted by Crippen LogP contribution is 2.18. The van der Waals surface area contributed by atoms with Crippen molar-refractivity contribution >= 4 is 0 Å². The van der Waals surface area contributed by atoms with Crippen LogP contribution in [0.2, 0.25) is 0 Å². The fourth-order valence-corrected chi connectivity index (χ4v) is 2.01. The molecule has 1 aromatic rings. The van der Waals surface area contributed by atoms with Crippen molar-refractivity contribution in [3.8, 4) is 0 Å². The second-order valence-corrected chi connectivity index (χ2v) is 4.22. The van der Waals surface area contributed by atoms with Crippen LogP contribution in [0.5, 0.6) is 0 Å². The number of hydrogen-bond donors (Lipinski definition) is 0. The summed E-state index contributed by atoms with van der Waals surface area (Å²) in [5.74, 6) is 1.77. The Bertz CT molecular complexity index is 305. The molecule has 76 valence electrons. The summed E-state index contributed by atoms with van der Waals surface area (Å²) in [6, 6.07) is 2.02. The van der Waals surface area contributed by atoms with E-state index in [-0.39, 0.29) is 0 Å². The molecule has 0 N–H and O–H groups in total. The number of aromatic nitrogens is 2. The third kappa shape index (κ3) is 2.29. The Hall–Kier alpha value is -0.960. The van der Waals surface area contributed by atoms with E-state index in [0.717, 1.165) is 18.2 Å². The van der Waals surface area contributed by atoms with Crippen molar-refractivity contribution in [1.82, 2.24) is 14.9 Å². The summed E-state index contributed by atoms with van der Waals surface area (Å²) < 4.78 is 0. The van der Waals surface area contributed by atoms with Gasteiger partial charge in [-0.05, 0) is 38.8 Å². The van der Waals surface area contributed by atoms with Crippen LogP contribution in [-0.4, -0.2) is 35.0 Å². The van der Waals surface area contributed by atoms with E-state index >= 15 is 0 Å². The number of rotatable bonds is 3. The lowest BCUT2D eigenvalue weighted by Crippen LogP contribution is -2.43. The van der Waals surface area contributed by atoms with Crippen molar-refractivity contribution in [2.75, 3.05) is 20.1 Å². The van der Waals surface area contributed by atoms with Gasteiger partial charge in [-0.2, -0.15) is 0 Å². The average molecular weight is 191 g/mol. The van der Waals surface area contributed by atoms with Gasteiger partial charge in [0.1, 0.15) is 5.82 Å². The zero-order valence-corrected chi connectivity index (χ0v) is 8.90. The van der Waals surface area contributed by atoms with Crippen LogP contribution in [0.4, 0.5) is 0 Å². The SMILES string of the molecule is Cc1nccc(CCC2CN(C)C2)n1. The standard InChI is InChI=1S/C11H17N3/c1-9-12-6-5-11(13-9)4-3-10-7-14(2)8-10/h5-6,10H,3-4,7-8H2,1-2H3. The highest BCUT2D eigenvalue weighted by atomic mass is 15.2. The summed E-state index contributed by atoms with van der Waals surface area (Å²) in [6.07, 6.45) is 4.22. The molecule has 0 radical (unpaired) electrons. The third-order valence-electron chi connectivity index (χ3n) is 2.78. The molecule has 2 rings (SSSR count). The van der Waals surface area contributed by atoms with Gasteiger partial charge in [0.25, 0.3) is 0 Å². The summed E-state index contributed by atoms with van der Waals surface area (Å²) in [7, 11) is 2.17. The van der Waals surface area contributed by atoms with Crippen LogP contribution in [0.15, 0.2) is 12.3 Å². The molecule has 0 amide bonds. The Morgan fingerprint density at radius 1 is 1.50 bits per heavy atom. The van der Waals surface area contributed by atoms with Crippen molar-refractivity contribution in [3.63, 3.8) is 0 Å². The van der Waals surface area contributed by atoms with E-state index in [4.69, 9.17) is 0 Å². The van der Waals surface area contributed by atoms with Gasteiger partial charge in [-0.1, -0.05) is 0 Å². The molecule has 3 heteroatoms. The highest BCUT2D eigenvalue weighted by molar-refractivity contribution is 5.02. The van der Waals surface area contributed by atoms with Crippen molar-refractivity contribution in [2.45, 2.75) is 19.8 Å². The molecular formula is C11H17N3. The molecule has 1 fully saturated rings. The number of hydrogen-bond acceptors (Lipinski definition) is 3. The van der Waals surface area contributed by atoms with Gasteiger partial charge in [-0.3, -0.25) is 0 Å². The van der Waals surface area contributed by atoms with Crippen LogP contribution < -0.4 is 0 Å². The molecule has 1 saturated heterocycles. The predicted octanol–water partition coefficient (Wildman–Crippen LogP) is 1.28. The summed E-state index contributed by atoms with van der Waals surface area (Å²) in [6.45, 7) is 4.45. The minimum atomic E-state index is 0.883. The Morgan fingerprint density at radius 2 is 2.29 bits per heavy atom. The molecule has 0 aromatic carbocycles. The molecule has 2 heterocycles. The molecule has 0 bridgehead atoms.